The third-order valence-electron chi connectivity index (χ3n) is 6.54. The molecule has 1 N–H and O–H groups in total. The van der Waals surface area contributed by atoms with Crippen molar-refractivity contribution in [3.8, 4) is 17.1 Å². The summed E-state index contributed by atoms with van der Waals surface area (Å²) in [7, 11) is 1.79. The van der Waals surface area contributed by atoms with Crippen molar-refractivity contribution < 1.29 is 22.7 Å². The van der Waals surface area contributed by atoms with Crippen LogP contribution in [0.4, 0.5) is 30.6 Å². The lowest BCUT2D eigenvalue weighted by atomic mass is 9.72. The van der Waals surface area contributed by atoms with E-state index >= 15 is 0 Å². The zero-order chi connectivity index (χ0) is 25.5. The molecule has 1 amide bonds. The van der Waals surface area contributed by atoms with Gasteiger partial charge in [-0.1, -0.05) is 0 Å². The molecule has 5 rings (SSSR count). The maximum Gasteiger partial charge on any atom is 0.573 e. The molecule has 0 unspecified atom stereocenters. The number of likely N-dealkylation sites (tertiary alicyclic amines) is 1. The first-order valence-electron chi connectivity index (χ1n) is 11.4. The Morgan fingerprint density at radius 2 is 1.89 bits per heavy atom. The highest BCUT2D eigenvalue weighted by molar-refractivity contribution is 5.73. The van der Waals surface area contributed by atoms with Gasteiger partial charge in [-0.05, 0) is 18.9 Å². The van der Waals surface area contributed by atoms with Crippen molar-refractivity contribution in [3.63, 3.8) is 0 Å². The summed E-state index contributed by atoms with van der Waals surface area (Å²) < 4.78 is 43.5. The standard InChI is InChI=1S/C23H25F3N8O2/c1-15(35)33-7-4-22(5-8-33)13-34(14-22)20-10-19(30-21(31-20)16-11-28-32(2)12-16)29-18-9-17(3-6-27-18)36-23(24,25)26/h3,6,9-12H,4-5,7-8,13-14H2,1-2H3,(H,27,29,30,31). The summed E-state index contributed by atoms with van der Waals surface area (Å²) in [4.78, 5) is 29.1. The molecule has 2 aliphatic heterocycles. The van der Waals surface area contributed by atoms with Crippen molar-refractivity contribution in [1.29, 1.82) is 0 Å². The molecule has 1 spiro atoms. The van der Waals surface area contributed by atoms with Crippen molar-refractivity contribution in [2.45, 2.75) is 26.1 Å². The molecule has 5 heterocycles. The molecule has 0 radical (unpaired) electrons. The zero-order valence-electron chi connectivity index (χ0n) is 19.8. The molecule has 0 aliphatic carbocycles. The molecule has 190 valence electrons. The van der Waals surface area contributed by atoms with Crippen LogP contribution in [0.1, 0.15) is 19.8 Å². The van der Waals surface area contributed by atoms with E-state index in [1.807, 2.05) is 4.90 Å². The lowest BCUT2D eigenvalue weighted by Crippen LogP contribution is -2.61. The second-order valence-corrected chi connectivity index (χ2v) is 9.25. The summed E-state index contributed by atoms with van der Waals surface area (Å²) in [6.07, 6.45) is 1.72. The van der Waals surface area contributed by atoms with E-state index < -0.39 is 6.36 Å². The van der Waals surface area contributed by atoms with Gasteiger partial charge in [0.25, 0.3) is 0 Å². The number of nitrogens with zero attached hydrogens (tertiary/aromatic N) is 7. The van der Waals surface area contributed by atoms with E-state index in [4.69, 9.17) is 4.98 Å². The second kappa shape index (κ2) is 8.95. The van der Waals surface area contributed by atoms with Gasteiger partial charge in [-0.2, -0.15) is 5.10 Å². The normalized spacial score (nSPS) is 17.1. The number of hydrogen-bond acceptors (Lipinski definition) is 8. The molecule has 2 fully saturated rings. The van der Waals surface area contributed by atoms with E-state index in [1.54, 1.807) is 37.1 Å². The average molecular weight is 503 g/mol. The first kappa shape index (κ1) is 23.8. The number of aromatic nitrogens is 5. The average Bonchev–Trinajstić information content (AvgIpc) is 3.23. The van der Waals surface area contributed by atoms with Crippen LogP contribution < -0.4 is 15.0 Å². The molecule has 2 aliphatic rings. The molecule has 10 nitrogen and oxygen atoms in total. The van der Waals surface area contributed by atoms with Gasteiger partial charge in [0.05, 0.1) is 11.8 Å². The molecule has 13 heteroatoms. The molecule has 3 aromatic rings. The number of aryl methyl sites for hydroxylation is 1. The third-order valence-corrected chi connectivity index (χ3v) is 6.54. The minimum atomic E-state index is -4.80. The molecule has 0 saturated carbocycles. The Hall–Kier alpha value is -3.90. The molecule has 0 bridgehead atoms. The molecule has 0 atom stereocenters. The molecular weight excluding hydrogens is 477 g/mol. The van der Waals surface area contributed by atoms with Gasteiger partial charge in [0, 0.05) is 70.1 Å². The van der Waals surface area contributed by atoms with Gasteiger partial charge in [-0.3, -0.25) is 9.48 Å². The number of rotatable bonds is 5. The minimum absolute atomic E-state index is 0.104. The Morgan fingerprint density at radius 1 is 1.14 bits per heavy atom. The number of alkyl halides is 3. The van der Waals surface area contributed by atoms with Gasteiger partial charge >= 0.3 is 6.36 Å². The summed E-state index contributed by atoms with van der Waals surface area (Å²) in [6, 6.07) is 4.03. The Bertz CT molecular complexity index is 1260. The monoisotopic (exact) mass is 502 g/mol. The highest BCUT2D eigenvalue weighted by Crippen LogP contribution is 2.43. The van der Waals surface area contributed by atoms with Crippen LogP contribution >= 0.6 is 0 Å². The van der Waals surface area contributed by atoms with E-state index in [-0.39, 0.29) is 22.9 Å². The van der Waals surface area contributed by atoms with Gasteiger partial charge in [-0.25, -0.2) is 15.0 Å². The molecule has 3 aromatic heterocycles. The second-order valence-electron chi connectivity index (χ2n) is 9.25. The number of carbonyl (C=O) groups is 1. The Labute approximate surface area is 205 Å². The van der Waals surface area contributed by atoms with E-state index in [9.17, 15) is 18.0 Å². The molecular formula is C23H25F3N8O2. The minimum Gasteiger partial charge on any atom is -0.406 e. The van der Waals surface area contributed by atoms with Crippen LogP contribution in [0.25, 0.3) is 11.4 Å². The number of nitrogens with one attached hydrogen (secondary N) is 1. The van der Waals surface area contributed by atoms with Crippen molar-refractivity contribution in [1.82, 2.24) is 29.6 Å². The van der Waals surface area contributed by atoms with Crippen LogP contribution in [0.2, 0.25) is 0 Å². The Kier molecular flexibility index (Phi) is 5.92. The molecule has 2 saturated heterocycles. The summed E-state index contributed by atoms with van der Waals surface area (Å²) in [5.74, 6) is 1.36. The topological polar surface area (TPSA) is 101 Å². The number of carbonyl (C=O) groups excluding carboxylic acids is 1. The van der Waals surface area contributed by atoms with Gasteiger partial charge in [0.15, 0.2) is 5.82 Å². The predicted octanol–water partition coefficient (Wildman–Crippen LogP) is 3.36. The van der Waals surface area contributed by atoms with Crippen molar-refractivity contribution in [2.24, 2.45) is 12.5 Å². The smallest absolute Gasteiger partial charge is 0.406 e. The van der Waals surface area contributed by atoms with Crippen LogP contribution in [0.15, 0.2) is 36.8 Å². The quantitative estimate of drug-likeness (QED) is 0.567. The molecule has 36 heavy (non-hydrogen) atoms. The maximum atomic E-state index is 12.6. The third kappa shape index (κ3) is 5.19. The van der Waals surface area contributed by atoms with Crippen LogP contribution in [0.5, 0.6) is 5.75 Å². The van der Waals surface area contributed by atoms with Crippen LogP contribution in [-0.2, 0) is 11.8 Å². The number of amides is 1. The van der Waals surface area contributed by atoms with E-state index in [1.165, 1.54) is 6.20 Å². The van der Waals surface area contributed by atoms with Gasteiger partial charge in [-0.15, -0.1) is 13.2 Å². The van der Waals surface area contributed by atoms with E-state index in [2.05, 4.69) is 30.0 Å². The van der Waals surface area contributed by atoms with E-state index in [0.29, 0.717) is 23.0 Å². The number of hydrogen-bond donors (Lipinski definition) is 1. The molecule has 0 aromatic carbocycles. The van der Waals surface area contributed by atoms with Gasteiger partial charge in [0.2, 0.25) is 5.91 Å². The number of pyridine rings is 1. The Balaban J connectivity index is 1.38. The van der Waals surface area contributed by atoms with Crippen molar-refractivity contribution in [2.75, 3.05) is 36.4 Å². The fourth-order valence-corrected chi connectivity index (χ4v) is 4.67. The number of anilines is 3. The van der Waals surface area contributed by atoms with Crippen molar-refractivity contribution in [3.05, 3.63) is 36.8 Å². The van der Waals surface area contributed by atoms with E-state index in [0.717, 1.165) is 51.2 Å². The van der Waals surface area contributed by atoms with Gasteiger partial charge in [0.1, 0.15) is 23.2 Å². The van der Waals surface area contributed by atoms with Crippen LogP contribution in [0.3, 0.4) is 0 Å². The largest absolute Gasteiger partial charge is 0.573 e. The van der Waals surface area contributed by atoms with Crippen LogP contribution in [0, 0.1) is 5.41 Å². The first-order chi connectivity index (χ1) is 17.1. The first-order valence-corrected chi connectivity index (χ1v) is 11.4. The SMILES string of the molecule is CC(=O)N1CCC2(CC1)CN(c1cc(Nc3cc(OC(F)(F)F)ccn3)nc(-c3cnn(C)c3)n1)C2. The highest BCUT2D eigenvalue weighted by atomic mass is 19.4. The van der Waals surface area contributed by atoms with Crippen LogP contribution in [-0.4, -0.2) is 68.1 Å². The Morgan fingerprint density at radius 3 is 2.53 bits per heavy atom. The lowest BCUT2D eigenvalue weighted by Gasteiger charge is -2.54. The fourth-order valence-electron chi connectivity index (χ4n) is 4.67. The number of ether oxygens (including phenoxy) is 1. The number of piperidine rings is 1. The predicted molar refractivity (Wildman–Crippen MR) is 125 cm³/mol. The fraction of sp³-hybridized carbons (Fsp3) is 0.435. The lowest BCUT2D eigenvalue weighted by molar-refractivity contribution is -0.274. The summed E-state index contributed by atoms with van der Waals surface area (Å²) in [5, 5.41) is 7.16. The summed E-state index contributed by atoms with van der Waals surface area (Å²) in [6.45, 7) is 4.70. The summed E-state index contributed by atoms with van der Waals surface area (Å²) in [5.41, 5.74) is 0.846. The van der Waals surface area contributed by atoms with Gasteiger partial charge < -0.3 is 19.9 Å². The highest BCUT2D eigenvalue weighted by Gasteiger charge is 2.45. The van der Waals surface area contributed by atoms with Crippen molar-refractivity contribution >= 4 is 23.4 Å². The maximum absolute atomic E-state index is 12.6. The number of halogens is 3. The summed E-state index contributed by atoms with van der Waals surface area (Å²) >= 11 is 0. The zero-order valence-corrected chi connectivity index (χ0v) is 19.8.